The first-order valence-electron chi connectivity index (χ1n) is 4.71. The van der Waals surface area contributed by atoms with Crippen molar-refractivity contribution in [2.24, 2.45) is 5.92 Å². The van der Waals surface area contributed by atoms with Gasteiger partial charge in [0.2, 0.25) is 0 Å². The largest absolute Gasteiger partial charge is 0.465 e. The van der Waals surface area contributed by atoms with E-state index in [1.165, 1.54) is 6.92 Å². The highest BCUT2D eigenvalue weighted by Crippen LogP contribution is 2.04. The van der Waals surface area contributed by atoms with Crippen LogP contribution >= 0.6 is 0 Å². The molecule has 0 rings (SSSR count). The van der Waals surface area contributed by atoms with Crippen LogP contribution < -0.4 is 0 Å². The average Bonchev–Trinajstić information content (AvgIpc) is 2.10. The average molecular weight is 222 g/mol. The first-order valence-corrected chi connectivity index (χ1v) is 5.88. The Morgan fingerprint density at radius 3 is 2.43 bits per heavy atom. The molecule has 0 aromatic heterocycles. The third-order valence-corrected chi connectivity index (χ3v) is 2.60. The second-order valence-corrected chi connectivity index (χ2v) is 4.88. The molecule has 0 saturated carbocycles. The molecule has 0 spiro atoms. The van der Waals surface area contributed by atoms with Crippen LogP contribution in [0.3, 0.4) is 0 Å². The summed E-state index contributed by atoms with van der Waals surface area (Å²) in [6, 6.07) is 0. The van der Waals surface area contributed by atoms with Gasteiger partial charge in [0.15, 0.2) is 16.3 Å². The van der Waals surface area contributed by atoms with Crippen molar-refractivity contribution >= 4 is 17.0 Å². The maximum Gasteiger partial charge on any atom is 0.323 e. The Morgan fingerprint density at radius 1 is 1.43 bits per heavy atom. The fraction of sp³-hybridized carbons (Fsp3) is 0.889. The van der Waals surface area contributed by atoms with Gasteiger partial charge in [-0.15, -0.1) is 0 Å². The van der Waals surface area contributed by atoms with Crippen LogP contribution in [0.25, 0.3) is 0 Å². The van der Waals surface area contributed by atoms with Gasteiger partial charge in [0, 0.05) is 0 Å². The maximum absolute atomic E-state index is 11.1. The third kappa shape index (κ3) is 6.10. The summed E-state index contributed by atoms with van der Waals surface area (Å²) in [6.07, 6.45) is 1.79. The summed E-state index contributed by atoms with van der Waals surface area (Å²) in [5.41, 5.74) is 0. The SMILES string of the molecule is CC(C)CCCOC(=O)C(C)S(=O)O. The second-order valence-electron chi connectivity index (χ2n) is 3.62. The standard InChI is InChI=1S/C9H18O4S/c1-7(2)5-4-6-13-9(10)8(3)14(11)12/h7-8H,4-6H2,1-3H3,(H,11,12). The quantitative estimate of drug-likeness (QED) is 0.421. The Hall–Kier alpha value is -0.420. The lowest BCUT2D eigenvalue weighted by Gasteiger charge is -2.08. The minimum atomic E-state index is -2.13. The van der Waals surface area contributed by atoms with Gasteiger partial charge in [-0.25, -0.2) is 4.21 Å². The number of carbonyl (C=O) groups is 1. The molecule has 2 unspecified atom stereocenters. The van der Waals surface area contributed by atoms with Gasteiger partial charge in [-0.2, -0.15) is 0 Å². The summed E-state index contributed by atoms with van der Waals surface area (Å²) in [4.78, 5) is 11.1. The van der Waals surface area contributed by atoms with Gasteiger partial charge in [0.25, 0.3) is 0 Å². The Kier molecular flexibility index (Phi) is 6.74. The number of hydrogen-bond donors (Lipinski definition) is 1. The van der Waals surface area contributed by atoms with Crippen molar-refractivity contribution in [3.63, 3.8) is 0 Å². The Labute approximate surface area is 87.3 Å². The van der Waals surface area contributed by atoms with Crippen molar-refractivity contribution in [3.8, 4) is 0 Å². The normalized spacial score (nSPS) is 15.2. The first-order chi connectivity index (χ1) is 6.45. The Balaban J connectivity index is 3.59. The molecule has 0 heterocycles. The van der Waals surface area contributed by atoms with Gasteiger partial charge in [0.1, 0.15) is 0 Å². The predicted molar refractivity (Wildman–Crippen MR) is 55.3 cm³/mol. The molecule has 0 saturated heterocycles. The van der Waals surface area contributed by atoms with Gasteiger partial charge in [0.05, 0.1) is 6.61 Å². The van der Waals surface area contributed by atoms with Gasteiger partial charge in [-0.3, -0.25) is 4.79 Å². The molecule has 14 heavy (non-hydrogen) atoms. The van der Waals surface area contributed by atoms with E-state index in [0.29, 0.717) is 12.5 Å². The summed E-state index contributed by atoms with van der Waals surface area (Å²) in [6.45, 7) is 5.89. The van der Waals surface area contributed by atoms with Crippen molar-refractivity contribution in [2.45, 2.75) is 38.9 Å². The number of carbonyl (C=O) groups excluding carboxylic acids is 1. The molecule has 0 fully saturated rings. The van der Waals surface area contributed by atoms with Crippen LogP contribution in [0.1, 0.15) is 33.6 Å². The van der Waals surface area contributed by atoms with E-state index in [1.807, 2.05) is 0 Å². The van der Waals surface area contributed by atoms with E-state index in [4.69, 9.17) is 9.29 Å². The van der Waals surface area contributed by atoms with Crippen molar-refractivity contribution in [3.05, 3.63) is 0 Å². The van der Waals surface area contributed by atoms with Crippen molar-refractivity contribution < 1.29 is 18.3 Å². The van der Waals surface area contributed by atoms with Crippen molar-refractivity contribution in [1.29, 1.82) is 0 Å². The molecular formula is C9H18O4S. The molecule has 0 amide bonds. The van der Waals surface area contributed by atoms with E-state index in [2.05, 4.69) is 13.8 Å². The van der Waals surface area contributed by atoms with Crippen LogP contribution in [-0.4, -0.2) is 26.6 Å². The van der Waals surface area contributed by atoms with E-state index in [1.54, 1.807) is 0 Å². The lowest BCUT2D eigenvalue weighted by molar-refractivity contribution is -0.142. The molecular weight excluding hydrogens is 204 g/mol. The van der Waals surface area contributed by atoms with Crippen LogP contribution in [0.2, 0.25) is 0 Å². The Morgan fingerprint density at radius 2 is 2.00 bits per heavy atom. The maximum atomic E-state index is 11.1. The topological polar surface area (TPSA) is 63.6 Å². The highest BCUT2D eigenvalue weighted by atomic mass is 32.2. The summed E-state index contributed by atoms with van der Waals surface area (Å²) in [7, 11) is 0. The van der Waals surface area contributed by atoms with E-state index in [-0.39, 0.29) is 0 Å². The van der Waals surface area contributed by atoms with Crippen LogP contribution in [0.5, 0.6) is 0 Å². The summed E-state index contributed by atoms with van der Waals surface area (Å²) >= 11 is -2.13. The molecule has 0 aromatic carbocycles. The van der Waals surface area contributed by atoms with Gasteiger partial charge in [-0.05, 0) is 25.7 Å². The molecule has 2 atom stereocenters. The zero-order valence-electron chi connectivity index (χ0n) is 8.86. The fourth-order valence-corrected chi connectivity index (χ4v) is 1.10. The third-order valence-electron chi connectivity index (χ3n) is 1.80. The van der Waals surface area contributed by atoms with Crippen LogP contribution in [0, 0.1) is 5.92 Å². The summed E-state index contributed by atoms with van der Waals surface area (Å²) in [5, 5.41) is -0.950. The number of rotatable bonds is 6. The van der Waals surface area contributed by atoms with Crippen LogP contribution in [-0.2, 0) is 20.6 Å². The zero-order chi connectivity index (χ0) is 11.1. The van der Waals surface area contributed by atoms with E-state index < -0.39 is 22.3 Å². The van der Waals surface area contributed by atoms with Gasteiger partial charge < -0.3 is 9.29 Å². The number of ether oxygens (including phenoxy) is 1. The molecule has 0 aromatic rings. The molecule has 0 radical (unpaired) electrons. The molecule has 0 bridgehead atoms. The second kappa shape index (κ2) is 6.95. The van der Waals surface area contributed by atoms with Crippen molar-refractivity contribution in [2.75, 3.05) is 6.61 Å². The van der Waals surface area contributed by atoms with Crippen molar-refractivity contribution in [1.82, 2.24) is 0 Å². The van der Waals surface area contributed by atoms with Gasteiger partial charge >= 0.3 is 5.97 Å². The zero-order valence-corrected chi connectivity index (χ0v) is 9.67. The molecule has 5 heteroatoms. The molecule has 0 aliphatic carbocycles. The molecule has 1 N–H and O–H groups in total. The summed E-state index contributed by atoms with van der Waals surface area (Å²) in [5.74, 6) is -0.0207. The highest BCUT2D eigenvalue weighted by molar-refractivity contribution is 7.80. The molecule has 84 valence electrons. The molecule has 0 aliphatic rings. The first kappa shape index (κ1) is 13.6. The van der Waals surface area contributed by atoms with E-state index in [0.717, 1.165) is 12.8 Å². The lowest BCUT2D eigenvalue weighted by Crippen LogP contribution is -2.24. The fourth-order valence-electron chi connectivity index (χ4n) is 0.864. The molecule has 4 nitrogen and oxygen atoms in total. The predicted octanol–water partition coefficient (Wildman–Crippen LogP) is 1.58. The van der Waals surface area contributed by atoms with Crippen LogP contribution in [0.15, 0.2) is 0 Å². The van der Waals surface area contributed by atoms with Crippen LogP contribution in [0.4, 0.5) is 0 Å². The minimum Gasteiger partial charge on any atom is -0.465 e. The smallest absolute Gasteiger partial charge is 0.323 e. The van der Waals surface area contributed by atoms with E-state index >= 15 is 0 Å². The molecule has 0 aliphatic heterocycles. The summed E-state index contributed by atoms with van der Waals surface area (Å²) < 4.78 is 23.9. The highest BCUT2D eigenvalue weighted by Gasteiger charge is 2.19. The monoisotopic (exact) mass is 222 g/mol. The number of esters is 1. The number of hydrogen-bond acceptors (Lipinski definition) is 3. The van der Waals surface area contributed by atoms with Gasteiger partial charge in [-0.1, -0.05) is 13.8 Å². The minimum absolute atomic E-state index is 0.332. The lowest BCUT2D eigenvalue weighted by atomic mass is 10.1. The van der Waals surface area contributed by atoms with E-state index in [9.17, 15) is 9.00 Å². The Bertz CT molecular complexity index is 203.